The monoisotopic (exact) mass is 1670 g/mol. The van der Waals surface area contributed by atoms with Crippen molar-refractivity contribution >= 4 is 43.9 Å². The normalized spacial score (nSPS) is 24.1. The molecule has 4 unspecified atom stereocenters. The fraction of sp³-hybridized carbons (Fsp3) is 0.389. The summed E-state index contributed by atoms with van der Waals surface area (Å²) in [6.07, 6.45) is -21.5. The molecule has 0 aliphatic carbocycles. The number of alkyl halides is 3. The molecule has 0 radical (unpaired) electrons. The fourth-order valence-electron chi connectivity index (χ4n) is 13.5. The van der Waals surface area contributed by atoms with Gasteiger partial charge in [0.1, 0.15) is 113 Å². The zero-order valence-electron chi connectivity index (χ0n) is 62.0. The van der Waals surface area contributed by atoms with Crippen molar-refractivity contribution in [1.29, 1.82) is 0 Å². The molecular weight excluding hydrogens is 1600 g/mol. The molecule has 12 aromatic rings. The Balaban J connectivity index is 0.000000137. The second-order valence-corrected chi connectivity index (χ2v) is 26.9. The van der Waals surface area contributed by atoms with Crippen LogP contribution >= 0.6 is 0 Å². The molecule has 634 valence electrons. The first-order valence-corrected chi connectivity index (χ1v) is 35.6. The molecule has 0 saturated carbocycles. The van der Waals surface area contributed by atoms with Crippen LogP contribution in [0.3, 0.4) is 0 Å². The van der Waals surface area contributed by atoms with Crippen LogP contribution in [0.2, 0.25) is 0 Å². The lowest BCUT2D eigenvalue weighted by molar-refractivity contribution is -0.274. The number of aromatic nitrogens is 12. The Kier molecular flexibility index (Phi) is 25.0. The largest absolute Gasteiger partial charge is 0.573 e. The number of hydrogen-bond donors (Lipinski definition) is 12. The third-order valence-electron chi connectivity index (χ3n) is 19.8. The van der Waals surface area contributed by atoms with Gasteiger partial charge in [-0.1, -0.05) is 32.8 Å². The Labute approximate surface area is 658 Å². The van der Waals surface area contributed by atoms with Gasteiger partial charge in [0.2, 0.25) is 5.58 Å². The molecule has 4 saturated heterocycles. The highest BCUT2D eigenvalue weighted by atomic mass is 19.4. The number of para-hydroxylation sites is 1. The minimum Gasteiger partial charge on any atom is -0.497 e. The summed E-state index contributed by atoms with van der Waals surface area (Å²) in [7, 11) is 4.51. The third kappa shape index (κ3) is 16.8. The van der Waals surface area contributed by atoms with Crippen molar-refractivity contribution < 1.29 is 130 Å². The summed E-state index contributed by atoms with van der Waals surface area (Å²) in [5.41, 5.74) is -3.78. The van der Waals surface area contributed by atoms with Crippen molar-refractivity contribution in [2.75, 3.05) is 47.8 Å². The molecule has 4 aliphatic rings. The summed E-state index contributed by atoms with van der Waals surface area (Å²) in [4.78, 5) is 101. The van der Waals surface area contributed by atoms with E-state index in [4.69, 9.17) is 51.3 Å². The first-order valence-electron chi connectivity index (χ1n) is 35.6. The van der Waals surface area contributed by atoms with Gasteiger partial charge in [-0.3, -0.25) is 55.7 Å². The number of benzene rings is 4. The molecule has 16 rings (SSSR count). The molecule has 8 aromatic heterocycles. The van der Waals surface area contributed by atoms with E-state index in [1.54, 1.807) is 54.6 Å². The molecule has 16 atom stereocenters. The smallest absolute Gasteiger partial charge is 0.497 e. The first-order chi connectivity index (χ1) is 56.9. The quantitative estimate of drug-likeness (QED) is 0.0348. The van der Waals surface area contributed by atoms with Gasteiger partial charge >= 0.3 is 29.1 Å². The van der Waals surface area contributed by atoms with Gasteiger partial charge in [0.05, 0.1) is 90.1 Å². The van der Waals surface area contributed by atoms with Gasteiger partial charge in [-0.05, 0) is 54.6 Å². The Morgan fingerprint density at radius 2 is 0.723 bits per heavy atom. The molecule has 47 heteroatoms. The lowest BCUT2D eigenvalue weighted by Gasteiger charge is -2.18. The molecule has 12 N–H and O–H groups in total. The van der Waals surface area contributed by atoms with Crippen LogP contribution in [0, 0.1) is 0 Å². The molecule has 119 heavy (non-hydrogen) atoms. The predicted molar refractivity (Wildman–Crippen MR) is 391 cm³/mol. The molecule has 0 bridgehead atoms. The van der Waals surface area contributed by atoms with Crippen molar-refractivity contribution in [2.45, 2.75) is 131 Å². The van der Waals surface area contributed by atoms with Gasteiger partial charge in [0.25, 0.3) is 22.2 Å². The van der Waals surface area contributed by atoms with Crippen LogP contribution in [0.5, 0.6) is 23.0 Å². The van der Waals surface area contributed by atoms with E-state index < -0.39 is 188 Å². The van der Waals surface area contributed by atoms with Crippen LogP contribution in [0.25, 0.3) is 43.9 Å². The second-order valence-electron chi connectivity index (χ2n) is 26.9. The van der Waals surface area contributed by atoms with Gasteiger partial charge in [0.15, 0.2) is 47.4 Å². The van der Waals surface area contributed by atoms with Gasteiger partial charge < -0.3 is 117 Å². The van der Waals surface area contributed by atoms with Crippen LogP contribution in [0.15, 0.2) is 178 Å². The lowest BCUT2D eigenvalue weighted by Crippen LogP contribution is -2.43. The Morgan fingerprint density at radius 1 is 0.370 bits per heavy atom. The van der Waals surface area contributed by atoms with E-state index in [1.807, 2.05) is 0 Å². The fourth-order valence-corrected chi connectivity index (χ4v) is 13.5. The Bertz CT molecular complexity index is 6080. The SMILES string of the molecule is COc1ccc2c(Cn3c(=O)ccn([C@@H]4O[C@H](CO)[C@H](O)C4O)c3=O)noc2c1.COc1ccc2onc(Cn3c(=O)ccn([C@@H]4O[C@H](CO)[C@H](O)C4O)c3=O)c2c1.COc1cccc2c(Cn3c(=O)ccn([C@@H]4O[C@H](CO)[C@H](O)C4O)c3=O)noc12.O=c1ccn([C@@H]2O[C@H](CO)[C@H](O)C2O)c(=O)n1Cc1noc2cccc(OC(F)(F)F)c12. The van der Waals surface area contributed by atoms with E-state index in [0.29, 0.717) is 71.8 Å². The van der Waals surface area contributed by atoms with E-state index in [1.165, 1.54) is 52.1 Å². The van der Waals surface area contributed by atoms with Crippen LogP contribution in [0.4, 0.5) is 13.2 Å². The first kappa shape index (κ1) is 84.7. The summed E-state index contributed by atoms with van der Waals surface area (Å²) in [5.74, 6) is 0.972. The van der Waals surface area contributed by atoms with Crippen LogP contribution in [0.1, 0.15) is 47.7 Å². The van der Waals surface area contributed by atoms with Crippen molar-refractivity contribution in [3.8, 4) is 23.0 Å². The van der Waals surface area contributed by atoms with E-state index in [0.717, 1.165) is 68.5 Å². The van der Waals surface area contributed by atoms with Crippen molar-refractivity contribution in [3.05, 3.63) is 228 Å². The standard InChI is InChI=1S/C18H16F3N3O8.3C18H19N3O8/c19-18(20,21)31-9-2-1-3-10-13(9)8(22-32-10)6-24-12(26)4-5-23(17(24)29)16-15(28)14(27)11(7-25)30-16;1-27-9-2-3-12-10(6-9)11(19-29-12)7-21-14(23)4-5-20(18(21)26)17-16(25)15(24)13(8-22)28-17;1-27-9-2-3-10-11(19-29-12(10)6-9)7-21-14(23)4-5-20(18(21)26)17-16(25)15(24)13(8-22)28-17;1-27-11-4-2-3-9-10(19-29-16(9)11)7-21-13(23)5-6-20(18(21)26)17-15(25)14(24)12(8-22)28-17/h1-5,11,14-16,25,27-28H,6-7H2;2*2-6,13,15-17,22,24-25H,7-8H2,1H3;2-6,12,14-15,17,22,24-25H,7-8H2,1H3/t11-,14+,15?,16-;2*13-,15+,16?,17-;12-,14+,15?,17-/m1111/s1. The van der Waals surface area contributed by atoms with Crippen molar-refractivity contribution in [2.24, 2.45) is 0 Å². The maximum atomic E-state index is 12.9. The minimum absolute atomic E-state index is 0.0606. The maximum Gasteiger partial charge on any atom is 0.573 e. The van der Waals surface area contributed by atoms with Gasteiger partial charge in [-0.2, -0.15) is 0 Å². The average molecular weight is 1680 g/mol. The number of fused-ring (bicyclic) bond motifs is 4. The van der Waals surface area contributed by atoms with Crippen molar-refractivity contribution in [3.63, 3.8) is 0 Å². The minimum atomic E-state index is -5.00. The molecule has 12 heterocycles. The second kappa shape index (κ2) is 35.2. The summed E-state index contributed by atoms with van der Waals surface area (Å²) in [6.45, 7) is -3.36. The van der Waals surface area contributed by atoms with Gasteiger partial charge in [0, 0.05) is 60.5 Å². The highest BCUT2D eigenvalue weighted by Gasteiger charge is 2.48. The Morgan fingerprint density at radius 3 is 1.13 bits per heavy atom. The zero-order chi connectivity index (χ0) is 85.3. The summed E-state index contributed by atoms with van der Waals surface area (Å²) in [6, 6.07) is 23.2. The van der Waals surface area contributed by atoms with E-state index >= 15 is 0 Å². The molecule has 0 spiro atoms. The van der Waals surface area contributed by atoms with E-state index in [-0.39, 0.29) is 36.3 Å². The number of nitrogens with zero attached hydrogens (tertiary/aromatic N) is 12. The van der Waals surface area contributed by atoms with Gasteiger partial charge in [-0.25, -0.2) is 19.2 Å². The average Bonchev–Trinajstić information content (AvgIpc) is 1.68. The lowest BCUT2D eigenvalue weighted by atomic mass is 10.1. The Hall–Kier alpha value is -12.2. The number of methoxy groups -OCH3 is 3. The summed E-state index contributed by atoms with van der Waals surface area (Å²) in [5, 5.41) is 134. The number of ether oxygens (including phenoxy) is 8. The number of rotatable bonds is 20. The summed E-state index contributed by atoms with van der Waals surface area (Å²) >= 11 is 0. The van der Waals surface area contributed by atoms with Gasteiger partial charge in [-0.15, -0.1) is 13.2 Å². The molecule has 4 aliphatic heterocycles. The number of hydrogen-bond acceptors (Lipinski definition) is 36. The van der Waals surface area contributed by atoms with E-state index in [2.05, 4.69) is 25.4 Å². The van der Waals surface area contributed by atoms with Crippen molar-refractivity contribution in [1.82, 2.24) is 57.2 Å². The van der Waals surface area contributed by atoms with E-state index in [9.17, 15) is 113 Å². The molecular formula is C72H73F3N12O32. The number of aliphatic hydroxyl groups is 12. The third-order valence-corrected chi connectivity index (χ3v) is 19.8. The topological polar surface area (TPSA) is 597 Å². The van der Waals surface area contributed by atoms with Crippen LogP contribution in [-0.2, 0) is 45.1 Å². The van der Waals surface area contributed by atoms with Crippen LogP contribution in [-0.4, -0.2) is 246 Å². The highest BCUT2D eigenvalue weighted by molar-refractivity contribution is 5.87. The number of halogens is 3. The van der Waals surface area contributed by atoms with Crippen LogP contribution < -0.4 is 63.9 Å². The molecule has 0 amide bonds. The number of aliphatic hydroxyl groups excluding tert-OH is 12. The zero-order valence-corrected chi connectivity index (χ0v) is 62.0. The summed E-state index contributed by atoms with van der Waals surface area (Å²) < 4.78 is 107. The molecule has 4 aromatic carbocycles. The predicted octanol–water partition coefficient (Wildman–Crippen LogP) is -3.83. The molecule has 44 nitrogen and oxygen atoms in total. The highest BCUT2D eigenvalue weighted by Crippen LogP contribution is 2.36. The molecule has 4 fully saturated rings. The maximum absolute atomic E-state index is 12.9.